The number of H-pyrrole nitrogens is 1. The number of benzene rings is 1. The van der Waals surface area contributed by atoms with Crippen molar-refractivity contribution in [1.82, 2.24) is 23.7 Å². The van der Waals surface area contributed by atoms with E-state index in [1.165, 1.54) is 22.7 Å². The number of fused-ring (bicyclic) bond motifs is 1. The molecule has 0 saturated carbocycles. The average Bonchev–Trinajstić information content (AvgIpc) is 3.19. The number of oxime groups is 1. The third-order valence-electron chi connectivity index (χ3n) is 6.97. The average molecular weight is 561 g/mol. The fourth-order valence-electron chi connectivity index (χ4n) is 5.05. The molecule has 0 amide bonds. The van der Waals surface area contributed by atoms with Crippen molar-refractivity contribution in [2.24, 2.45) is 12.2 Å². The number of hydrogen-bond acceptors (Lipinski definition) is 9. The minimum Gasteiger partial charge on any atom is -0.493 e. The summed E-state index contributed by atoms with van der Waals surface area (Å²) in [5.74, 6) is 0.593. The quantitative estimate of drug-likeness (QED) is 0.182. The van der Waals surface area contributed by atoms with Gasteiger partial charge in [0, 0.05) is 51.9 Å². The van der Waals surface area contributed by atoms with Crippen molar-refractivity contribution in [3.8, 4) is 17.1 Å². The molecule has 3 heterocycles. The van der Waals surface area contributed by atoms with Crippen LogP contribution in [0.4, 0.5) is 0 Å². The SMILES string of the molecule is CCCc1c(C=NO)n(C)c2c(=O)[nH]c(-c3cc(S(=O)(=O)N4CCN(CCCO)CC4)ccc3OCC)nc12. The molecule has 3 N–H and O–H groups in total. The minimum atomic E-state index is -3.81. The molecule has 1 fully saturated rings. The molecule has 1 aromatic carbocycles. The van der Waals surface area contributed by atoms with Gasteiger partial charge in [-0.3, -0.25) is 4.79 Å². The number of aryl methyl sites for hydroxylation is 2. The van der Waals surface area contributed by atoms with Crippen LogP contribution >= 0.6 is 0 Å². The van der Waals surface area contributed by atoms with Gasteiger partial charge in [0.15, 0.2) is 0 Å². The van der Waals surface area contributed by atoms with Crippen LogP contribution < -0.4 is 10.3 Å². The number of sulfonamides is 1. The fourth-order valence-corrected chi connectivity index (χ4v) is 6.50. The molecule has 1 saturated heterocycles. The minimum absolute atomic E-state index is 0.0856. The van der Waals surface area contributed by atoms with Crippen LogP contribution in [-0.4, -0.2) is 94.6 Å². The van der Waals surface area contributed by atoms with E-state index in [4.69, 9.17) is 14.8 Å². The summed E-state index contributed by atoms with van der Waals surface area (Å²) in [6.07, 6.45) is 3.32. The van der Waals surface area contributed by atoms with E-state index in [0.717, 1.165) is 18.5 Å². The number of aliphatic hydroxyl groups excluding tert-OH is 1. The first kappa shape index (κ1) is 28.7. The Labute approximate surface area is 227 Å². The number of piperazine rings is 1. The van der Waals surface area contributed by atoms with E-state index < -0.39 is 15.6 Å². The maximum atomic E-state index is 13.6. The molecule has 0 aliphatic carbocycles. The van der Waals surface area contributed by atoms with Crippen molar-refractivity contribution in [2.75, 3.05) is 45.9 Å². The van der Waals surface area contributed by atoms with Gasteiger partial charge in [0.2, 0.25) is 10.0 Å². The fraction of sp³-hybridized carbons (Fsp3) is 0.500. The predicted octanol–water partition coefficient (Wildman–Crippen LogP) is 1.78. The van der Waals surface area contributed by atoms with E-state index in [1.54, 1.807) is 17.7 Å². The highest BCUT2D eigenvalue weighted by Crippen LogP contribution is 2.33. The molecule has 1 aliphatic heterocycles. The molecule has 1 aliphatic rings. The van der Waals surface area contributed by atoms with Crippen LogP contribution in [-0.2, 0) is 23.5 Å². The maximum absolute atomic E-state index is 13.6. The van der Waals surface area contributed by atoms with Crippen LogP contribution in [0.5, 0.6) is 5.75 Å². The Morgan fingerprint density at radius 2 is 1.95 bits per heavy atom. The molecular weight excluding hydrogens is 524 g/mol. The lowest BCUT2D eigenvalue weighted by atomic mass is 10.1. The summed E-state index contributed by atoms with van der Waals surface area (Å²) in [5.41, 5.74) is 2.09. The van der Waals surface area contributed by atoms with Crippen LogP contribution in [0.15, 0.2) is 33.0 Å². The highest BCUT2D eigenvalue weighted by atomic mass is 32.2. The van der Waals surface area contributed by atoms with E-state index in [9.17, 15) is 18.4 Å². The van der Waals surface area contributed by atoms with E-state index in [-0.39, 0.29) is 17.3 Å². The summed E-state index contributed by atoms with van der Waals surface area (Å²) >= 11 is 0. The molecule has 212 valence electrons. The Hall–Kier alpha value is -3.26. The molecule has 3 aromatic rings. The molecular formula is C26H36N6O6S. The summed E-state index contributed by atoms with van der Waals surface area (Å²) in [7, 11) is -2.11. The first-order chi connectivity index (χ1) is 18.8. The van der Waals surface area contributed by atoms with Crippen molar-refractivity contribution in [3.63, 3.8) is 0 Å². The Kier molecular flexibility index (Phi) is 9.05. The molecule has 13 heteroatoms. The smallest absolute Gasteiger partial charge is 0.275 e. The Morgan fingerprint density at radius 1 is 1.21 bits per heavy atom. The molecule has 0 spiro atoms. The molecule has 0 atom stereocenters. The predicted molar refractivity (Wildman–Crippen MR) is 148 cm³/mol. The third-order valence-corrected chi connectivity index (χ3v) is 8.87. The van der Waals surface area contributed by atoms with Crippen molar-refractivity contribution in [1.29, 1.82) is 0 Å². The number of nitrogens with zero attached hydrogens (tertiary/aromatic N) is 5. The van der Waals surface area contributed by atoms with Crippen LogP contribution in [0.25, 0.3) is 22.4 Å². The second-order valence-electron chi connectivity index (χ2n) is 9.44. The van der Waals surface area contributed by atoms with E-state index in [2.05, 4.69) is 15.0 Å². The lowest BCUT2D eigenvalue weighted by Crippen LogP contribution is -2.48. The van der Waals surface area contributed by atoms with Crippen LogP contribution in [0.1, 0.15) is 37.9 Å². The Balaban J connectivity index is 1.79. The Morgan fingerprint density at radius 3 is 2.59 bits per heavy atom. The van der Waals surface area contributed by atoms with Crippen molar-refractivity contribution in [2.45, 2.75) is 38.0 Å². The zero-order valence-electron chi connectivity index (χ0n) is 22.6. The summed E-state index contributed by atoms with van der Waals surface area (Å²) in [6.45, 7) is 6.85. The largest absolute Gasteiger partial charge is 0.493 e. The number of ether oxygens (including phenoxy) is 1. The molecule has 0 radical (unpaired) electrons. The summed E-state index contributed by atoms with van der Waals surface area (Å²) in [6, 6.07) is 4.61. The molecule has 4 rings (SSSR count). The molecule has 0 bridgehead atoms. The topological polar surface area (TPSA) is 153 Å². The van der Waals surface area contributed by atoms with Gasteiger partial charge in [-0.05, 0) is 38.0 Å². The number of hydrogen-bond donors (Lipinski definition) is 3. The number of nitrogens with one attached hydrogen (secondary N) is 1. The van der Waals surface area contributed by atoms with Gasteiger partial charge >= 0.3 is 0 Å². The summed E-state index contributed by atoms with van der Waals surface area (Å²) in [4.78, 5) is 23.1. The first-order valence-corrected chi connectivity index (χ1v) is 14.6. The van der Waals surface area contributed by atoms with Gasteiger partial charge in [-0.1, -0.05) is 18.5 Å². The van der Waals surface area contributed by atoms with E-state index in [1.807, 2.05) is 13.8 Å². The van der Waals surface area contributed by atoms with Gasteiger partial charge in [-0.15, -0.1) is 0 Å². The summed E-state index contributed by atoms with van der Waals surface area (Å²) in [5, 5.41) is 21.4. The van der Waals surface area contributed by atoms with Gasteiger partial charge in [-0.2, -0.15) is 4.31 Å². The maximum Gasteiger partial charge on any atom is 0.275 e. The third kappa shape index (κ3) is 5.71. The first-order valence-electron chi connectivity index (χ1n) is 13.2. The van der Waals surface area contributed by atoms with E-state index in [0.29, 0.717) is 73.7 Å². The van der Waals surface area contributed by atoms with Gasteiger partial charge in [0.1, 0.15) is 22.6 Å². The lowest BCUT2D eigenvalue weighted by Gasteiger charge is -2.33. The molecule has 0 unspecified atom stereocenters. The lowest BCUT2D eigenvalue weighted by molar-refractivity contribution is 0.171. The molecule has 2 aromatic heterocycles. The van der Waals surface area contributed by atoms with Gasteiger partial charge in [0.25, 0.3) is 5.56 Å². The second kappa shape index (κ2) is 12.3. The van der Waals surface area contributed by atoms with Gasteiger partial charge < -0.3 is 29.5 Å². The van der Waals surface area contributed by atoms with Crippen LogP contribution in [0, 0.1) is 0 Å². The normalized spacial score (nSPS) is 15.5. The van der Waals surface area contributed by atoms with Gasteiger partial charge in [0.05, 0.1) is 29.0 Å². The zero-order chi connectivity index (χ0) is 28.2. The highest BCUT2D eigenvalue weighted by molar-refractivity contribution is 7.89. The number of aliphatic hydroxyl groups is 1. The van der Waals surface area contributed by atoms with E-state index >= 15 is 0 Å². The second-order valence-corrected chi connectivity index (χ2v) is 11.4. The van der Waals surface area contributed by atoms with Crippen molar-refractivity contribution in [3.05, 3.63) is 39.8 Å². The number of rotatable bonds is 11. The van der Waals surface area contributed by atoms with Crippen molar-refractivity contribution >= 4 is 27.3 Å². The van der Waals surface area contributed by atoms with Crippen molar-refractivity contribution < 1.29 is 23.5 Å². The highest BCUT2D eigenvalue weighted by Gasteiger charge is 2.30. The Bertz CT molecular complexity index is 1510. The van der Waals surface area contributed by atoms with Crippen LogP contribution in [0.3, 0.4) is 0 Å². The number of aromatic nitrogens is 3. The molecule has 39 heavy (non-hydrogen) atoms. The standard InChI is InChI=1S/C26H36N6O6S/c1-4-7-19-21(17-27-35)30(3)24-23(19)28-25(29-26(24)34)20-16-18(8-9-22(20)38-5-2)39(36,37)32-13-11-31(12-14-32)10-6-15-33/h8-9,16-17,33,35H,4-7,10-15H2,1-3H3,(H,28,29,34). The monoisotopic (exact) mass is 560 g/mol. The summed E-state index contributed by atoms with van der Waals surface area (Å²) < 4.78 is 36.1. The molecule has 12 nitrogen and oxygen atoms in total. The van der Waals surface area contributed by atoms with Gasteiger partial charge in [-0.25, -0.2) is 13.4 Å². The zero-order valence-corrected chi connectivity index (χ0v) is 23.4. The number of aromatic amines is 1. The van der Waals surface area contributed by atoms with Crippen LogP contribution in [0.2, 0.25) is 0 Å².